The number of hydrogen-bond acceptors (Lipinski definition) is 4. The second-order valence-electron chi connectivity index (χ2n) is 6.40. The highest BCUT2D eigenvalue weighted by Gasteiger charge is 2.31. The zero-order valence-corrected chi connectivity index (χ0v) is 15.4. The second-order valence-corrected chi connectivity index (χ2v) is 6.40. The number of aryl methyl sites for hydroxylation is 2. The molecule has 2 aromatic heterocycles. The quantitative estimate of drug-likeness (QED) is 0.698. The Morgan fingerprint density at radius 3 is 2.68 bits per heavy atom. The number of ether oxygens (including phenoxy) is 1. The maximum atomic E-state index is 12.9. The molecule has 0 atom stereocenters. The Labute approximate surface area is 159 Å². The van der Waals surface area contributed by atoms with Crippen molar-refractivity contribution < 1.29 is 22.7 Å². The van der Waals surface area contributed by atoms with E-state index in [2.05, 4.69) is 15.5 Å². The number of rotatable bonds is 6. The smallest absolute Gasteiger partial charge is 0.417 e. The first-order chi connectivity index (χ1) is 13.2. The molecule has 9 heteroatoms. The highest BCUT2D eigenvalue weighted by molar-refractivity contribution is 5.75. The first-order valence-electron chi connectivity index (χ1n) is 8.61. The van der Waals surface area contributed by atoms with Crippen molar-refractivity contribution in [1.82, 2.24) is 19.9 Å². The molecule has 0 unspecified atom stereocenters. The summed E-state index contributed by atoms with van der Waals surface area (Å²) < 4.78 is 45.4. The molecule has 6 nitrogen and oxygen atoms in total. The third-order valence-electron chi connectivity index (χ3n) is 4.16. The van der Waals surface area contributed by atoms with Crippen molar-refractivity contribution in [3.05, 3.63) is 59.0 Å². The largest absolute Gasteiger partial charge is 0.493 e. The van der Waals surface area contributed by atoms with Crippen molar-refractivity contribution in [2.24, 2.45) is 0 Å². The molecular weight excluding hydrogens is 373 g/mol. The van der Waals surface area contributed by atoms with Crippen LogP contribution in [-0.4, -0.2) is 27.1 Å². The number of nitrogens with zero attached hydrogens (tertiary/aromatic N) is 3. The van der Waals surface area contributed by atoms with E-state index in [0.717, 1.165) is 23.4 Å². The Balaban J connectivity index is 1.55. The molecule has 1 N–H and O–H groups in total. The van der Waals surface area contributed by atoms with Gasteiger partial charge >= 0.3 is 6.18 Å². The summed E-state index contributed by atoms with van der Waals surface area (Å²) in [5, 5.41) is 10.3. The summed E-state index contributed by atoms with van der Waals surface area (Å²) in [6.07, 6.45) is -3.44. The lowest BCUT2D eigenvalue weighted by atomic mass is 10.1. The summed E-state index contributed by atoms with van der Waals surface area (Å²) in [6.45, 7) is 4.06. The van der Waals surface area contributed by atoms with Gasteiger partial charge in [-0.05, 0) is 37.6 Å². The van der Waals surface area contributed by atoms with Gasteiger partial charge in [0.25, 0.3) is 0 Å². The molecule has 1 amide bonds. The van der Waals surface area contributed by atoms with Gasteiger partial charge in [-0.25, -0.2) is 0 Å². The summed E-state index contributed by atoms with van der Waals surface area (Å²) in [4.78, 5) is 12.0. The number of carbonyl (C=O) groups is 1. The Kier molecular flexibility index (Phi) is 5.53. The molecule has 0 spiro atoms. The van der Waals surface area contributed by atoms with Gasteiger partial charge < -0.3 is 10.1 Å². The average Bonchev–Trinajstić information content (AvgIpc) is 3.03. The van der Waals surface area contributed by atoms with Crippen LogP contribution in [0.2, 0.25) is 0 Å². The molecule has 3 rings (SSSR count). The van der Waals surface area contributed by atoms with Crippen LogP contribution in [0.3, 0.4) is 0 Å². The highest BCUT2D eigenvalue weighted by Crippen LogP contribution is 2.29. The number of nitrogens with one attached hydrogen (secondary N) is 1. The third-order valence-corrected chi connectivity index (χ3v) is 4.16. The predicted octanol–water partition coefficient (Wildman–Crippen LogP) is 3.45. The molecule has 0 bridgehead atoms. The Morgan fingerprint density at radius 2 is 1.96 bits per heavy atom. The first-order valence-corrected chi connectivity index (χ1v) is 8.61. The minimum atomic E-state index is -4.47. The van der Waals surface area contributed by atoms with Crippen molar-refractivity contribution >= 4 is 11.6 Å². The zero-order valence-electron chi connectivity index (χ0n) is 15.4. The summed E-state index contributed by atoms with van der Waals surface area (Å²) in [5.41, 5.74) is 1.57. The molecular formula is C19H19F3N4O2. The van der Waals surface area contributed by atoms with Crippen LogP contribution in [0.4, 0.5) is 13.2 Å². The topological polar surface area (TPSA) is 68.5 Å². The molecule has 0 aliphatic carbocycles. The lowest BCUT2D eigenvalue weighted by Crippen LogP contribution is -2.25. The van der Waals surface area contributed by atoms with Crippen LogP contribution in [0.5, 0.6) is 5.75 Å². The minimum absolute atomic E-state index is 0.0368. The maximum Gasteiger partial charge on any atom is 0.417 e. The summed E-state index contributed by atoms with van der Waals surface area (Å²) in [6, 6.07) is 7.94. The monoisotopic (exact) mass is 392 g/mol. The van der Waals surface area contributed by atoms with Crippen LogP contribution in [0.15, 0.2) is 36.5 Å². The van der Waals surface area contributed by atoms with Crippen molar-refractivity contribution in [2.45, 2.75) is 33.0 Å². The fraction of sp³-hybridized carbons (Fsp3) is 0.316. The van der Waals surface area contributed by atoms with Gasteiger partial charge in [-0.15, -0.1) is 10.2 Å². The average molecular weight is 392 g/mol. The van der Waals surface area contributed by atoms with E-state index in [1.165, 1.54) is 10.5 Å². The summed E-state index contributed by atoms with van der Waals surface area (Å²) in [7, 11) is 0. The number of alkyl halides is 3. The molecule has 0 aliphatic rings. The minimum Gasteiger partial charge on any atom is -0.493 e. The van der Waals surface area contributed by atoms with Gasteiger partial charge in [0, 0.05) is 6.20 Å². The van der Waals surface area contributed by atoms with Crippen molar-refractivity contribution in [3.63, 3.8) is 0 Å². The standard InChI is InChI=1S/C19H19F3N4O2/c1-12-3-5-15(13(2)9-12)28-8-7-18(27)23-10-17-25-24-16-6-4-14(11-26(16)17)19(20,21)22/h3-6,9,11H,7-8,10H2,1-2H3,(H,23,27). The molecule has 148 valence electrons. The molecule has 0 saturated carbocycles. The Bertz CT molecular complexity index is 998. The van der Waals surface area contributed by atoms with E-state index in [1.54, 1.807) is 0 Å². The van der Waals surface area contributed by atoms with E-state index in [1.807, 2.05) is 32.0 Å². The fourth-order valence-corrected chi connectivity index (χ4v) is 2.71. The number of carbonyl (C=O) groups excluding carboxylic acids is 1. The second kappa shape index (κ2) is 7.87. The van der Waals surface area contributed by atoms with E-state index in [9.17, 15) is 18.0 Å². The number of halogens is 3. The fourth-order valence-electron chi connectivity index (χ4n) is 2.71. The van der Waals surface area contributed by atoms with Crippen LogP contribution < -0.4 is 10.1 Å². The first kappa shape index (κ1) is 19.7. The lowest BCUT2D eigenvalue weighted by Gasteiger charge is -2.10. The number of hydrogen-bond donors (Lipinski definition) is 1. The van der Waals surface area contributed by atoms with Crippen molar-refractivity contribution in [2.75, 3.05) is 6.61 Å². The Morgan fingerprint density at radius 1 is 1.18 bits per heavy atom. The number of aromatic nitrogens is 3. The molecule has 0 radical (unpaired) electrons. The molecule has 0 aliphatic heterocycles. The van der Waals surface area contributed by atoms with E-state index in [4.69, 9.17) is 4.74 Å². The van der Waals surface area contributed by atoms with Crippen molar-refractivity contribution in [1.29, 1.82) is 0 Å². The van der Waals surface area contributed by atoms with E-state index < -0.39 is 11.7 Å². The summed E-state index contributed by atoms with van der Waals surface area (Å²) >= 11 is 0. The molecule has 0 fully saturated rings. The van der Waals surface area contributed by atoms with Gasteiger partial charge in [0.15, 0.2) is 11.5 Å². The predicted molar refractivity (Wildman–Crippen MR) is 95.9 cm³/mol. The van der Waals surface area contributed by atoms with Crippen LogP contribution in [0.25, 0.3) is 5.65 Å². The van der Waals surface area contributed by atoms with E-state index in [0.29, 0.717) is 5.75 Å². The number of amides is 1. The van der Waals surface area contributed by atoms with Gasteiger partial charge in [0.1, 0.15) is 5.75 Å². The van der Waals surface area contributed by atoms with Crippen molar-refractivity contribution in [3.8, 4) is 5.75 Å². The van der Waals surface area contributed by atoms with E-state index in [-0.39, 0.29) is 37.0 Å². The number of pyridine rings is 1. The molecule has 0 saturated heterocycles. The van der Waals surface area contributed by atoms with Crippen LogP contribution >= 0.6 is 0 Å². The molecule has 28 heavy (non-hydrogen) atoms. The molecule has 1 aromatic carbocycles. The van der Waals surface area contributed by atoms with Crippen LogP contribution in [0.1, 0.15) is 28.9 Å². The number of fused-ring (bicyclic) bond motifs is 1. The van der Waals surface area contributed by atoms with E-state index >= 15 is 0 Å². The van der Waals surface area contributed by atoms with Gasteiger partial charge in [-0.3, -0.25) is 9.20 Å². The van der Waals surface area contributed by atoms with Gasteiger partial charge in [0.05, 0.1) is 25.1 Å². The van der Waals surface area contributed by atoms with Gasteiger partial charge in [-0.2, -0.15) is 13.2 Å². The van der Waals surface area contributed by atoms with Crippen LogP contribution in [-0.2, 0) is 17.5 Å². The van der Waals surface area contributed by atoms with Gasteiger partial charge in [-0.1, -0.05) is 17.7 Å². The van der Waals surface area contributed by atoms with Crippen LogP contribution in [0, 0.1) is 13.8 Å². The maximum absolute atomic E-state index is 12.9. The SMILES string of the molecule is Cc1ccc(OCCC(=O)NCc2nnc3ccc(C(F)(F)F)cn23)c(C)c1. The molecule has 2 heterocycles. The summed E-state index contributed by atoms with van der Waals surface area (Å²) in [5.74, 6) is 0.625. The Hall–Kier alpha value is -3.10. The van der Waals surface area contributed by atoms with Gasteiger partial charge in [0.2, 0.25) is 5.91 Å². The third kappa shape index (κ3) is 4.59. The lowest BCUT2D eigenvalue weighted by molar-refractivity contribution is -0.137. The zero-order chi connectivity index (χ0) is 20.3. The normalized spacial score (nSPS) is 11.6. The highest BCUT2D eigenvalue weighted by atomic mass is 19.4. The number of benzene rings is 1. The molecule has 3 aromatic rings.